The zero-order valence-electron chi connectivity index (χ0n) is 12.3. The fraction of sp³-hybridized carbons (Fsp3) is 0.571. The second-order valence-electron chi connectivity index (χ2n) is 6.05. The predicted octanol–water partition coefficient (Wildman–Crippen LogP) is 3.06. The Morgan fingerprint density at radius 1 is 1.48 bits per heavy atom. The number of aromatic amines is 1. The van der Waals surface area contributed by atoms with E-state index in [1.165, 1.54) is 0 Å². The number of halogens is 1. The lowest BCUT2D eigenvalue weighted by Crippen LogP contribution is -2.42. The summed E-state index contributed by atoms with van der Waals surface area (Å²) in [6.07, 6.45) is 2.15. The normalized spacial score (nSPS) is 18.2. The zero-order chi connectivity index (χ0) is 15.0. The van der Waals surface area contributed by atoms with E-state index >= 15 is 0 Å². The third-order valence-electron chi connectivity index (χ3n) is 4.33. The number of nitrogens with two attached hydrogens (primary N) is 1. The van der Waals surface area contributed by atoms with Crippen LogP contribution < -0.4 is 10.6 Å². The molecule has 5 nitrogen and oxygen atoms in total. The van der Waals surface area contributed by atoms with Gasteiger partial charge in [0, 0.05) is 13.1 Å². The Kier molecular flexibility index (Phi) is 3.94. The number of piperidine rings is 1. The molecule has 0 aliphatic carbocycles. The lowest BCUT2D eigenvalue weighted by molar-refractivity contribution is 0.257. The van der Waals surface area contributed by atoms with E-state index < -0.39 is 0 Å². The van der Waals surface area contributed by atoms with Crippen LogP contribution in [0.15, 0.2) is 5.38 Å². The molecule has 0 aromatic carbocycles. The van der Waals surface area contributed by atoms with Gasteiger partial charge < -0.3 is 10.6 Å². The third kappa shape index (κ3) is 2.80. The molecule has 0 unspecified atom stereocenters. The van der Waals surface area contributed by atoms with E-state index in [0.717, 1.165) is 59.7 Å². The molecule has 0 amide bonds. The van der Waals surface area contributed by atoms with E-state index in [4.69, 9.17) is 17.3 Å². The number of hydrogen-bond donors (Lipinski definition) is 2. The lowest BCUT2D eigenvalue weighted by atomic mass is 9.81. The molecule has 3 heterocycles. The maximum Gasteiger partial charge on any atom is 0.245 e. The van der Waals surface area contributed by atoms with Gasteiger partial charge in [-0.2, -0.15) is 4.98 Å². The van der Waals surface area contributed by atoms with Crippen LogP contribution in [0.5, 0.6) is 0 Å². The molecule has 7 heteroatoms. The van der Waals surface area contributed by atoms with Crippen LogP contribution in [-0.4, -0.2) is 34.8 Å². The van der Waals surface area contributed by atoms with E-state index in [1.54, 1.807) is 11.3 Å². The molecule has 2 aromatic heterocycles. The number of rotatable bonds is 3. The average molecular weight is 326 g/mol. The molecular weight excluding hydrogens is 306 g/mol. The number of H-pyrrole nitrogens is 1. The minimum atomic E-state index is 0.254. The van der Waals surface area contributed by atoms with Gasteiger partial charge in [0.2, 0.25) is 5.95 Å². The van der Waals surface area contributed by atoms with Gasteiger partial charge in [0.25, 0.3) is 0 Å². The van der Waals surface area contributed by atoms with Gasteiger partial charge in [-0.05, 0) is 42.7 Å². The molecule has 0 spiro atoms. The maximum atomic E-state index is 6.29. The number of aryl methyl sites for hydroxylation is 1. The summed E-state index contributed by atoms with van der Waals surface area (Å²) in [6, 6.07) is 0. The molecule has 114 valence electrons. The van der Waals surface area contributed by atoms with E-state index in [9.17, 15) is 0 Å². The molecule has 0 saturated carbocycles. The largest absolute Gasteiger partial charge is 0.339 e. The molecular formula is C14H20ClN5S. The SMILES string of the molecule is Cc1csc(-c2nc(N3CCC(C)(CN)CC3)n[nH]2)c1Cl. The molecule has 2 aromatic rings. The number of nitrogens with zero attached hydrogens (tertiary/aromatic N) is 3. The highest BCUT2D eigenvalue weighted by Crippen LogP contribution is 2.36. The fourth-order valence-corrected chi connectivity index (χ4v) is 3.76. The van der Waals surface area contributed by atoms with E-state index in [1.807, 2.05) is 12.3 Å². The van der Waals surface area contributed by atoms with Crippen molar-refractivity contribution in [1.29, 1.82) is 0 Å². The lowest BCUT2D eigenvalue weighted by Gasteiger charge is -2.38. The van der Waals surface area contributed by atoms with Gasteiger partial charge >= 0.3 is 0 Å². The maximum absolute atomic E-state index is 6.29. The van der Waals surface area contributed by atoms with Crippen molar-refractivity contribution in [2.45, 2.75) is 26.7 Å². The Morgan fingerprint density at radius 3 is 2.76 bits per heavy atom. The number of aromatic nitrogens is 3. The molecule has 3 N–H and O–H groups in total. The standard InChI is InChI=1S/C14H20ClN5S/c1-9-7-21-11(10(9)15)12-17-13(19-18-12)20-5-3-14(2,8-16)4-6-20/h7H,3-6,8,16H2,1-2H3,(H,17,18,19). The van der Waals surface area contributed by atoms with Crippen molar-refractivity contribution in [3.8, 4) is 10.7 Å². The summed E-state index contributed by atoms with van der Waals surface area (Å²) in [7, 11) is 0. The van der Waals surface area contributed by atoms with Gasteiger partial charge in [-0.25, -0.2) is 0 Å². The number of anilines is 1. The Balaban J connectivity index is 1.76. The second-order valence-corrected chi connectivity index (χ2v) is 7.31. The number of thiophene rings is 1. The van der Waals surface area contributed by atoms with Crippen molar-refractivity contribution < 1.29 is 0 Å². The highest BCUT2D eigenvalue weighted by molar-refractivity contribution is 7.14. The Labute approximate surface area is 133 Å². The topological polar surface area (TPSA) is 70.8 Å². The highest BCUT2D eigenvalue weighted by atomic mass is 35.5. The minimum absolute atomic E-state index is 0.254. The molecule has 1 aliphatic heterocycles. The zero-order valence-corrected chi connectivity index (χ0v) is 13.9. The summed E-state index contributed by atoms with van der Waals surface area (Å²) in [4.78, 5) is 7.78. The van der Waals surface area contributed by atoms with E-state index in [2.05, 4.69) is 27.0 Å². The van der Waals surface area contributed by atoms with Crippen LogP contribution in [0.4, 0.5) is 5.95 Å². The van der Waals surface area contributed by atoms with E-state index in [0.29, 0.717) is 0 Å². The second kappa shape index (κ2) is 5.59. The van der Waals surface area contributed by atoms with Gasteiger partial charge in [0.1, 0.15) is 0 Å². The van der Waals surface area contributed by atoms with E-state index in [-0.39, 0.29) is 5.41 Å². The average Bonchev–Trinajstić information content (AvgIpc) is 3.08. The van der Waals surface area contributed by atoms with Crippen molar-refractivity contribution in [2.24, 2.45) is 11.1 Å². The molecule has 1 saturated heterocycles. The first-order valence-corrected chi connectivity index (χ1v) is 8.39. The first kappa shape index (κ1) is 14.8. The molecule has 3 rings (SSSR count). The van der Waals surface area contributed by atoms with Gasteiger partial charge in [0.05, 0.1) is 9.90 Å². The van der Waals surface area contributed by atoms with Crippen molar-refractivity contribution in [3.63, 3.8) is 0 Å². The first-order chi connectivity index (χ1) is 10.0. The van der Waals surface area contributed by atoms with Gasteiger partial charge in [-0.3, -0.25) is 5.10 Å². The van der Waals surface area contributed by atoms with Crippen molar-refractivity contribution >= 4 is 28.9 Å². The van der Waals surface area contributed by atoms with Crippen LogP contribution in [-0.2, 0) is 0 Å². The van der Waals surface area contributed by atoms with Gasteiger partial charge in [-0.1, -0.05) is 18.5 Å². The summed E-state index contributed by atoms with van der Waals surface area (Å²) in [5.74, 6) is 1.51. The van der Waals surface area contributed by atoms with Crippen LogP contribution in [0.3, 0.4) is 0 Å². The predicted molar refractivity (Wildman–Crippen MR) is 88.1 cm³/mol. The summed E-state index contributed by atoms with van der Waals surface area (Å²) < 4.78 is 0. The van der Waals surface area contributed by atoms with Crippen LogP contribution in [0, 0.1) is 12.3 Å². The van der Waals surface area contributed by atoms with Crippen LogP contribution in [0.1, 0.15) is 25.3 Å². The highest BCUT2D eigenvalue weighted by Gasteiger charge is 2.30. The summed E-state index contributed by atoms with van der Waals surface area (Å²) in [5.41, 5.74) is 7.18. The molecule has 0 radical (unpaired) electrons. The quantitative estimate of drug-likeness (QED) is 0.909. The Morgan fingerprint density at radius 2 is 2.19 bits per heavy atom. The molecule has 1 fully saturated rings. The summed E-state index contributed by atoms with van der Waals surface area (Å²) in [5, 5.41) is 10.1. The van der Waals surface area contributed by atoms with Gasteiger partial charge in [0.15, 0.2) is 5.82 Å². The monoisotopic (exact) mass is 325 g/mol. The molecule has 21 heavy (non-hydrogen) atoms. The molecule has 1 aliphatic rings. The minimum Gasteiger partial charge on any atom is -0.339 e. The van der Waals surface area contributed by atoms with Crippen molar-refractivity contribution in [1.82, 2.24) is 15.2 Å². The Bertz CT molecular complexity index is 627. The third-order valence-corrected chi connectivity index (χ3v) is 6.04. The van der Waals surface area contributed by atoms with Crippen LogP contribution in [0.25, 0.3) is 10.7 Å². The van der Waals surface area contributed by atoms with Crippen molar-refractivity contribution in [3.05, 3.63) is 16.0 Å². The fourth-order valence-electron chi connectivity index (χ4n) is 2.54. The Hall–Kier alpha value is -1.11. The number of hydrogen-bond acceptors (Lipinski definition) is 5. The summed E-state index contributed by atoms with van der Waals surface area (Å²) in [6.45, 7) is 6.88. The van der Waals surface area contributed by atoms with Crippen molar-refractivity contribution in [2.75, 3.05) is 24.5 Å². The summed E-state index contributed by atoms with van der Waals surface area (Å²) >= 11 is 7.88. The van der Waals surface area contributed by atoms with Crippen LogP contribution >= 0.6 is 22.9 Å². The van der Waals surface area contributed by atoms with Gasteiger partial charge in [-0.15, -0.1) is 16.4 Å². The molecule has 0 atom stereocenters. The first-order valence-electron chi connectivity index (χ1n) is 7.14. The number of nitrogens with one attached hydrogen (secondary N) is 1. The van der Waals surface area contributed by atoms with Crippen LogP contribution in [0.2, 0.25) is 5.02 Å². The molecule has 0 bridgehead atoms. The smallest absolute Gasteiger partial charge is 0.245 e.